The molecule has 0 spiro atoms. The number of aryl methyl sites for hydroxylation is 3. The lowest BCUT2D eigenvalue weighted by atomic mass is 10.0. The highest BCUT2D eigenvalue weighted by molar-refractivity contribution is 5.37. The van der Waals surface area contributed by atoms with Crippen LogP contribution in [0.4, 0.5) is 0 Å². The van der Waals surface area contributed by atoms with Crippen molar-refractivity contribution in [2.24, 2.45) is 7.05 Å². The highest BCUT2D eigenvalue weighted by atomic mass is 16.5. The molecule has 0 aromatic carbocycles. The summed E-state index contributed by atoms with van der Waals surface area (Å²) in [6.07, 6.45) is 3.61. The van der Waals surface area contributed by atoms with E-state index in [2.05, 4.69) is 28.4 Å². The molecule has 19 heavy (non-hydrogen) atoms. The lowest BCUT2D eigenvalue weighted by molar-refractivity contribution is 0.402. The van der Waals surface area contributed by atoms with E-state index in [9.17, 15) is 0 Å². The Morgan fingerprint density at radius 1 is 1.32 bits per heavy atom. The molecule has 0 aliphatic carbocycles. The molecular weight excluding hydrogens is 240 g/mol. The molecule has 1 atom stereocenters. The van der Waals surface area contributed by atoms with Crippen molar-refractivity contribution >= 4 is 0 Å². The van der Waals surface area contributed by atoms with Crippen LogP contribution in [0.3, 0.4) is 0 Å². The molecule has 5 nitrogen and oxygen atoms in total. The molecule has 2 heterocycles. The molecule has 0 amide bonds. The van der Waals surface area contributed by atoms with Crippen molar-refractivity contribution < 1.29 is 4.74 Å². The average Bonchev–Trinajstić information content (AvgIpc) is 2.74. The fraction of sp³-hybridized carbons (Fsp3) is 0.429. The van der Waals surface area contributed by atoms with Crippen LogP contribution < -0.4 is 10.1 Å². The van der Waals surface area contributed by atoms with Gasteiger partial charge >= 0.3 is 0 Å². The first-order valence-corrected chi connectivity index (χ1v) is 6.24. The van der Waals surface area contributed by atoms with Crippen molar-refractivity contribution in [3.63, 3.8) is 0 Å². The number of pyridine rings is 1. The molecule has 2 aromatic rings. The highest BCUT2D eigenvalue weighted by Crippen LogP contribution is 2.29. The van der Waals surface area contributed by atoms with Crippen LogP contribution in [0.15, 0.2) is 18.5 Å². The molecule has 0 aliphatic rings. The summed E-state index contributed by atoms with van der Waals surface area (Å²) in [6.45, 7) is 4.12. The van der Waals surface area contributed by atoms with Crippen molar-refractivity contribution in [2.75, 3.05) is 14.2 Å². The zero-order valence-electron chi connectivity index (χ0n) is 12.1. The Kier molecular flexibility index (Phi) is 3.85. The lowest BCUT2D eigenvalue weighted by Gasteiger charge is -2.19. The van der Waals surface area contributed by atoms with Gasteiger partial charge in [0.15, 0.2) is 5.75 Å². The van der Waals surface area contributed by atoms with Gasteiger partial charge in [-0.25, -0.2) is 0 Å². The maximum atomic E-state index is 5.38. The van der Waals surface area contributed by atoms with Crippen LogP contribution in [0.1, 0.15) is 28.6 Å². The van der Waals surface area contributed by atoms with Crippen LogP contribution in [0, 0.1) is 13.8 Å². The largest absolute Gasteiger partial charge is 0.493 e. The molecule has 2 aromatic heterocycles. The predicted molar refractivity (Wildman–Crippen MR) is 74.4 cm³/mol. The Bertz CT molecular complexity index is 577. The number of nitrogens with one attached hydrogen (secondary N) is 1. The molecule has 102 valence electrons. The number of aromatic nitrogens is 3. The molecule has 1 unspecified atom stereocenters. The van der Waals surface area contributed by atoms with E-state index in [-0.39, 0.29) is 6.04 Å². The summed E-state index contributed by atoms with van der Waals surface area (Å²) >= 11 is 0. The summed E-state index contributed by atoms with van der Waals surface area (Å²) in [7, 11) is 5.48. The molecule has 0 saturated carbocycles. The number of methoxy groups -OCH3 is 1. The molecule has 0 saturated heterocycles. The number of rotatable bonds is 4. The van der Waals surface area contributed by atoms with Gasteiger partial charge in [-0.3, -0.25) is 9.67 Å². The Morgan fingerprint density at radius 2 is 2.05 bits per heavy atom. The second-order valence-corrected chi connectivity index (χ2v) is 4.66. The van der Waals surface area contributed by atoms with Crippen LogP contribution in [-0.2, 0) is 7.05 Å². The van der Waals surface area contributed by atoms with Crippen LogP contribution in [0.5, 0.6) is 5.75 Å². The molecule has 0 fully saturated rings. The number of ether oxygens (including phenoxy) is 1. The molecule has 0 bridgehead atoms. The molecule has 2 rings (SSSR count). The first-order valence-electron chi connectivity index (χ1n) is 6.24. The van der Waals surface area contributed by atoms with E-state index in [1.54, 1.807) is 13.3 Å². The zero-order valence-corrected chi connectivity index (χ0v) is 12.1. The van der Waals surface area contributed by atoms with E-state index in [4.69, 9.17) is 4.74 Å². The van der Waals surface area contributed by atoms with Crippen LogP contribution in [0.2, 0.25) is 0 Å². The van der Waals surface area contributed by atoms with Gasteiger partial charge in [-0.15, -0.1) is 0 Å². The van der Waals surface area contributed by atoms with Gasteiger partial charge < -0.3 is 10.1 Å². The van der Waals surface area contributed by atoms with Crippen LogP contribution >= 0.6 is 0 Å². The van der Waals surface area contributed by atoms with E-state index >= 15 is 0 Å². The van der Waals surface area contributed by atoms with Crippen LogP contribution in [0.25, 0.3) is 0 Å². The molecule has 1 N–H and O–H groups in total. The van der Waals surface area contributed by atoms with Crippen molar-refractivity contribution in [1.29, 1.82) is 0 Å². The van der Waals surface area contributed by atoms with Gasteiger partial charge in [0.2, 0.25) is 0 Å². The first kappa shape index (κ1) is 13.5. The fourth-order valence-electron chi connectivity index (χ4n) is 2.34. The van der Waals surface area contributed by atoms with Crippen LogP contribution in [-0.4, -0.2) is 28.9 Å². The normalized spacial score (nSPS) is 12.5. The molecule has 0 aliphatic heterocycles. The second-order valence-electron chi connectivity index (χ2n) is 4.66. The van der Waals surface area contributed by atoms with E-state index in [0.717, 1.165) is 28.3 Å². The maximum absolute atomic E-state index is 5.38. The Balaban J connectivity index is 2.52. The number of hydrogen-bond donors (Lipinski definition) is 1. The number of nitrogens with zero attached hydrogens (tertiary/aromatic N) is 3. The quantitative estimate of drug-likeness (QED) is 0.910. The third-order valence-electron chi connectivity index (χ3n) is 3.26. The van der Waals surface area contributed by atoms with E-state index in [1.165, 1.54) is 0 Å². The van der Waals surface area contributed by atoms with Gasteiger partial charge in [0.05, 0.1) is 25.0 Å². The van der Waals surface area contributed by atoms with E-state index in [1.807, 2.05) is 31.9 Å². The standard InChI is InChI=1S/C14H20N4O/c1-9-6-10(2)12(16-7-9)13(15-3)14-11(19-5)8-17-18(14)4/h6-8,13,15H,1-5H3. The molecular formula is C14H20N4O. The summed E-state index contributed by atoms with van der Waals surface area (Å²) in [4.78, 5) is 4.56. The molecule has 5 heteroatoms. The maximum Gasteiger partial charge on any atom is 0.161 e. The van der Waals surface area contributed by atoms with E-state index < -0.39 is 0 Å². The zero-order chi connectivity index (χ0) is 14.0. The number of hydrogen-bond acceptors (Lipinski definition) is 4. The predicted octanol–water partition coefficient (Wildman–Crippen LogP) is 1.75. The smallest absolute Gasteiger partial charge is 0.161 e. The Morgan fingerprint density at radius 3 is 2.63 bits per heavy atom. The summed E-state index contributed by atoms with van der Waals surface area (Å²) in [5.74, 6) is 0.767. The van der Waals surface area contributed by atoms with Gasteiger partial charge in [0.1, 0.15) is 5.69 Å². The lowest BCUT2D eigenvalue weighted by Crippen LogP contribution is -2.23. The van der Waals surface area contributed by atoms with Crippen molar-refractivity contribution in [3.05, 3.63) is 41.0 Å². The summed E-state index contributed by atoms with van der Waals surface area (Å²) in [5.41, 5.74) is 4.29. The van der Waals surface area contributed by atoms with Crippen molar-refractivity contribution in [3.8, 4) is 5.75 Å². The minimum Gasteiger partial charge on any atom is -0.493 e. The minimum absolute atomic E-state index is 0.0388. The topological polar surface area (TPSA) is 52.0 Å². The Hall–Kier alpha value is -1.88. The second kappa shape index (κ2) is 5.40. The summed E-state index contributed by atoms with van der Waals surface area (Å²) < 4.78 is 7.20. The monoisotopic (exact) mass is 260 g/mol. The van der Waals surface area contributed by atoms with Gasteiger partial charge in [0, 0.05) is 13.2 Å². The van der Waals surface area contributed by atoms with E-state index in [0.29, 0.717) is 0 Å². The summed E-state index contributed by atoms with van der Waals surface area (Å²) in [6, 6.07) is 2.10. The van der Waals surface area contributed by atoms with Crippen molar-refractivity contribution in [2.45, 2.75) is 19.9 Å². The SMILES string of the molecule is CNC(c1ncc(C)cc1C)c1c(OC)cnn1C. The minimum atomic E-state index is -0.0388. The Labute approximate surface area is 113 Å². The van der Waals surface area contributed by atoms with Gasteiger partial charge in [0.25, 0.3) is 0 Å². The summed E-state index contributed by atoms with van der Waals surface area (Å²) in [5, 5.41) is 7.55. The van der Waals surface area contributed by atoms with Gasteiger partial charge in [-0.2, -0.15) is 5.10 Å². The fourth-order valence-corrected chi connectivity index (χ4v) is 2.34. The third-order valence-corrected chi connectivity index (χ3v) is 3.26. The first-order chi connectivity index (χ1) is 9.08. The third kappa shape index (κ3) is 2.46. The van der Waals surface area contributed by atoms with Crippen molar-refractivity contribution in [1.82, 2.24) is 20.1 Å². The average molecular weight is 260 g/mol. The molecule has 0 radical (unpaired) electrons. The van der Waals surface area contributed by atoms with Gasteiger partial charge in [-0.05, 0) is 32.0 Å². The highest BCUT2D eigenvalue weighted by Gasteiger charge is 2.23. The van der Waals surface area contributed by atoms with Gasteiger partial charge in [-0.1, -0.05) is 6.07 Å².